The number of benzene rings is 5. The summed E-state index contributed by atoms with van der Waals surface area (Å²) < 4.78 is 6.53. The van der Waals surface area contributed by atoms with Crippen LogP contribution in [0.4, 0.5) is 5.69 Å². The number of aliphatic imine (C=N–C) groups is 1. The number of oxazole rings is 1. The second-order valence-corrected chi connectivity index (χ2v) is 11.4. The molecule has 198 valence electrons. The Hall–Kier alpha value is -5.09. The van der Waals surface area contributed by atoms with Gasteiger partial charge in [-0.15, -0.1) is 0 Å². The van der Waals surface area contributed by atoms with E-state index in [1.165, 1.54) is 16.3 Å². The molecule has 0 saturated carbocycles. The van der Waals surface area contributed by atoms with Crippen LogP contribution in [0.25, 0.3) is 55.2 Å². The Labute approximate surface area is 239 Å². The van der Waals surface area contributed by atoms with Crippen molar-refractivity contribution in [3.8, 4) is 22.6 Å². The van der Waals surface area contributed by atoms with Gasteiger partial charge in [0.1, 0.15) is 5.52 Å². The minimum atomic E-state index is -0.0668. The van der Waals surface area contributed by atoms with Crippen LogP contribution >= 0.6 is 0 Å². The van der Waals surface area contributed by atoms with E-state index in [1.807, 2.05) is 42.9 Å². The van der Waals surface area contributed by atoms with Gasteiger partial charge in [-0.25, -0.2) is 4.98 Å². The quantitative estimate of drug-likeness (QED) is 0.212. The zero-order chi connectivity index (χ0) is 28.0. The molecule has 0 aliphatic rings. The summed E-state index contributed by atoms with van der Waals surface area (Å²) >= 11 is 0. The SMILES string of the molecule is CC(C)(C)c1cc(-c2cccc3cnccc23)c2nc(-c3ccccc3N=Cc3cccc4ccccc34)oc2c1. The summed E-state index contributed by atoms with van der Waals surface area (Å²) in [5, 5.41) is 4.59. The lowest BCUT2D eigenvalue weighted by Gasteiger charge is -2.20. The number of para-hydroxylation sites is 1. The molecule has 7 rings (SSSR count). The maximum Gasteiger partial charge on any atom is 0.229 e. The smallest absolute Gasteiger partial charge is 0.229 e. The van der Waals surface area contributed by atoms with Crippen molar-refractivity contribution >= 4 is 44.5 Å². The van der Waals surface area contributed by atoms with Crippen molar-refractivity contribution in [3.63, 3.8) is 0 Å². The van der Waals surface area contributed by atoms with Gasteiger partial charge in [0.2, 0.25) is 5.89 Å². The number of hydrogen-bond donors (Lipinski definition) is 0. The van der Waals surface area contributed by atoms with Crippen molar-refractivity contribution < 1.29 is 4.42 Å². The Morgan fingerprint density at radius 1 is 0.707 bits per heavy atom. The maximum atomic E-state index is 6.53. The molecule has 0 unspecified atom stereocenters. The summed E-state index contributed by atoms with van der Waals surface area (Å²) in [6, 6.07) is 35.4. The molecule has 0 amide bonds. The lowest BCUT2D eigenvalue weighted by molar-refractivity contribution is 0.584. The number of rotatable bonds is 4. The van der Waals surface area contributed by atoms with E-state index < -0.39 is 0 Å². The van der Waals surface area contributed by atoms with E-state index in [0.29, 0.717) is 5.89 Å². The first-order chi connectivity index (χ1) is 20.0. The van der Waals surface area contributed by atoms with E-state index >= 15 is 0 Å². The zero-order valence-electron chi connectivity index (χ0n) is 23.3. The van der Waals surface area contributed by atoms with Crippen LogP contribution in [0.5, 0.6) is 0 Å². The normalized spacial score (nSPS) is 12.2. The molecule has 2 aromatic heterocycles. The van der Waals surface area contributed by atoms with Gasteiger partial charge in [-0.3, -0.25) is 9.98 Å². The van der Waals surface area contributed by atoms with Gasteiger partial charge in [0.25, 0.3) is 0 Å². The number of pyridine rings is 1. The van der Waals surface area contributed by atoms with E-state index in [2.05, 4.69) is 105 Å². The monoisotopic (exact) mass is 531 g/mol. The van der Waals surface area contributed by atoms with Crippen LogP contribution in [0.15, 0.2) is 125 Å². The molecule has 0 atom stereocenters. The van der Waals surface area contributed by atoms with Gasteiger partial charge in [0.15, 0.2) is 5.58 Å². The second-order valence-electron chi connectivity index (χ2n) is 11.4. The Morgan fingerprint density at radius 3 is 2.37 bits per heavy atom. The van der Waals surface area contributed by atoms with Crippen molar-refractivity contribution in [2.24, 2.45) is 4.99 Å². The molecule has 41 heavy (non-hydrogen) atoms. The number of nitrogens with zero attached hydrogens (tertiary/aromatic N) is 3. The van der Waals surface area contributed by atoms with Crippen LogP contribution < -0.4 is 0 Å². The molecule has 0 spiro atoms. The van der Waals surface area contributed by atoms with Crippen molar-refractivity contribution in [1.29, 1.82) is 0 Å². The lowest BCUT2D eigenvalue weighted by atomic mass is 9.84. The summed E-state index contributed by atoms with van der Waals surface area (Å²) in [6.45, 7) is 6.67. The highest BCUT2D eigenvalue weighted by Crippen LogP contribution is 2.40. The molecule has 0 radical (unpaired) electrons. The van der Waals surface area contributed by atoms with Crippen molar-refractivity contribution in [3.05, 3.63) is 127 Å². The maximum absolute atomic E-state index is 6.53. The van der Waals surface area contributed by atoms with Gasteiger partial charge in [-0.2, -0.15) is 0 Å². The Kier molecular flexibility index (Phi) is 5.97. The first-order valence-electron chi connectivity index (χ1n) is 13.9. The average Bonchev–Trinajstić information content (AvgIpc) is 3.43. The summed E-state index contributed by atoms with van der Waals surface area (Å²) in [4.78, 5) is 14.3. The lowest BCUT2D eigenvalue weighted by Crippen LogP contribution is -2.11. The van der Waals surface area contributed by atoms with Crippen LogP contribution in [-0.2, 0) is 5.41 Å². The summed E-state index contributed by atoms with van der Waals surface area (Å²) in [5.41, 5.74) is 7.62. The van der Waals surface area contributed by atoms with Gasteiger partial charge in [0.05, 0.1) is 11.3 Å². The van der Waals surface area contributed by atoms with Crippen LogP contribution in [0.2, 0.25) is 0 Å². The van der Waals surface area contributed by atoms with Crippen LogP contribution in [0.1, 0.15) is 31.9 Å². The van der Waals surface area contributed by atoms with E-state index in [0.717, 1.165) is 49.8 Å². The second kappa shape index (κ2) is 9.83. The largest absolute Gasteiger partial charge is 0.436 e. The first-order valence-corrected chi connectivity index (χ1v) is 13.9. The van der Waals surface area contributed by atoms with E-state index in [9.17, 15) is 0 Å². The summed E-state index contributed by atoms with van der Waals surface area (Å²) in [6.07, 6.45) is 5.67. The third-order valence-electron chi connectivity index (χ3n) is 7.63. The molecule has 0 N–H and O–H groups in total. The molecular formula is C37H29N3O. The minimum absolute atomic E-state index is 0.0668. The fourth-order valence-electron chi connectivity index (χ4n) is 5.41. The van der Waals surface area contributed by atoms with Crippen LogP contribution in [-0.4, -0.2) is 16.2 Å². The molecule has 4 heteroatoms. The highest BCUT2D eigenvalue weighted by molar-refractivity contribution is 6.04. The molecule has 5 aromatic carbocycles. The van der Waals surface area contributed by atoms with E-state index in [1.54, 1.807) is 0 Å². The van der Waals surface area contributed by atoms with Gasteiger partial charge in [-0.1, -0.05) is 93.6 Å². The Balaban J connectivity index is 1.40. The van der Waals surface area contributed by atoms with Crippen molar-refractivity contribution in [1.82, 2.24) is 9.97 Å². The molecule has 0 saturated heterocycles. The highest BCUT2D eigenvalue weighted by Gasteiger charge is 2.22. The zero-order valence-corrected chi connectivity index (χ0v) is 23.3. The van der Waals surface area contributed by atoms with Crippen molar-refractivity contribution in [2.45, 2.75) is 26.2 Å². The molecule has 0 aliphatic carbocycles. The third-order valence-corrected chi connectivity index (χ3v) is 7.63. The molecule has 0 bridgehead atoms. The van der Waals surface area contributed by atoms with Crippen LogP contribution in [0, 0.1) is 0 Å². The average molecular weight is 532 g/mol. The third kappa shape index (κ3) is 4.57. The predicted molar refractivity (Wildman–Crippen MR) is 170 cm³/mol. The molecule has 7 aromatic rings. The Bertz CT molecular complexity index is 2090. The predicted octanol–water partition coefficient (Wildman–Crippen LogP) is 9.91. The Morgan fingerprint density at radius 2 is 1.46 bits per heavy atom. The molecule has 0 aliphatic heterocycles. The van der Waals surface area contributed by atoms with Crippen LogP contribution in [0.3, 0.4) is 0 Å². The number of fused-ring (bicyclic) bond motifs is 3. The van der Waals surface area contributed by atoms with E-state index in [-0.39, 0.29) is 5.41 Å². The molecular weight excluding hydrogens is 502 g/mol. The molecule has 4 nitrogen and oxygen atoms in total. The standard InChI is InChI=1S/C37H29N3O/c1-37(2,3)27-20-32(30-16-9-13-25-22-38-19-18-29(25)30)35-34(21-27)41-36(40-35)31-15-6-7-17-33(31)39-23-26-12-8-11-24-10-4-5-14-28(24)26/h4-23H,1-3H3. The number of aromatic nitrogens is 2. The van der Waals surface area contributed by atoms with Gasteiger partial charge in [0, 0.05) is 35.1 Å². The number of hydrogen-bond acceptors (Lipinski definition) is 4. The topological polar surface area (TPSA) is 51.3 Å². The first kappa shape index (κ1) is 24.9. The van der Waals surface area contributed by atoms with Crippen molar-refractivity contribution in [2.75, 3.05) is 0 Å². The minimum Gasteiger partial charge on any atom is -0.436 e. The van der Waals surface area contributed by atoms with E-state index in [4.69, 9.17) is 14.4 Å². The molecule has 2 heterocycles. The van der Waals surface area contributed by atoms with Gasteiger partial charge in [-0.05, 0) is 63.0 Å². The van der Waals surface area contributed by atoms with Gasteiger partial charge < -0.3 is 4.42 Å². The molecule has 0 fully saturated rings. The fraction of sp³-hybridized carbons (Fsp3) is 0.108. The van der Waals surface area contributed by atoms with Gasteiger partial charge >= 0.3 is 0 Å². The fourth-order valence-corrected chi connectivity index (χ4v) is 5.41. The summed E-state index contributed by atoms with van der Waals surface area (Å²) in [5.74, 6) is 0.555. The summed E-state index contributed by atoms with van der Waals surface area (Å²) in [7, 11) is 0. The highest BCUT2D eigenvalue weighted by atomic mass is 16.3.